The molecule has 2 heterocycles. The summed E-state index contributed by atoms with van der Waals surface area (Å²) in [6.45, 7) is 4.15. The van der Waals surface area contributed by atoms with Gasteiger partial charge < -0.3 is 14.5 Å². The number of nitrogens with zero attached hydrogens (tertiary/aromatic N) is 4. The zero-order valence-electron chi connectivity index (χ0n) is 21.7. The van der Waals surface area contributed by atoms with Gasteiger partial charge in [-0.15, -0.1) is 11.3 Å². The van der Waals surface area contributed by atoms with E-state index in [-0.39, 0.29) is 11.6 Å². The van der Waals surface area contributed by atoms with Crippen LogP contribution in [-0.4, -0.2) is 56.1 Å². The molecule has 0 radical (unpaired) electrons. The van der Waals surface area contributed by atoms with Gasteiger partial charge in [0.1, 0.15) is 11.4 Å². The first kappa shape index (κ1) is 28.1. The number of anilines is 2. The van der Waals surface area contributed by atoms with Crippen LogP contribution in [0.5, 0.6) is 5.75 Å². The summed E-state index contributed by atoms with van der Waals surface area (Å²) >= 11 is 1.27. The molecule has 4 rings (SSSR count). The highest BCUT2D eigenvalue weighted by Crippen LogP contribution is 2.33. The van der Waals surface area contributed by atoms with Crippen LogP contribution < -0.4 is 14.4 Å². The number of thiazole rings is 1. The van der Waals surface area contributed by atoms with Gasteiger partial charge in [0.15, 0.2) is 5.13 Å². The van der Waals surface area contributed by atoms with Gasteiger partial charge in [-0.1, -0.05) is 12.1 Å². The van der Waals surface area contributed by atoms with Gasteiger partial charge in [0.05, 0.1) is 31.0 Å². The summed E-state index contributed by atoms with van der Waals surface area (Å²) < 4.78 is 30.9. The number of hydrogen-bond donors (Lipinski definition) is 1. The van der Waals surface area contributed by atoms with E-state index in [0.29, 0.717) is 41.7 Å². The quantitative estimate of drug-likeness (QED) is 0.347. The lowest BCUT2D eigenvalue weighted by Crippen LogP contribution is -2.30. The largest absolute Gasteiger partial charge is 0.494 e. The molecule has 1 fully saturated rings. The lowest BCUT2D eigenvalue weighted by molar-refractivity contribution is -0.127. The third-order valence-corrected chi connectivity index (χ3v) is 7.64. The molecule has 3 aromatic rings. The average molecular weight is 568 g/mol. The van der Waals surface area contributed by atoms with Crippen molar-refractivity contribution in [1.82, 2.24) is 14.6 Å². The van der Waals surface area contributed by atoms with E-state index < -0.39 is 15.9 Å². The van der Waals surface area contributed by atoms with E-state index in [1.165, 1.54) is 11.3 Å². The summed E-state index contributed by atoms with van der Waals surface area (Å²) in [6.07, 6.45) is 3.24. The third kappa shape index (κ3) is 7.55. The molecule has 10 nitrogen and oxygen atoms in total. The lowest BCUT2D eigenvalue weighted by Gasteiger charge is -2.22. The van der Waals surface area contributed by atoms with Crippen molar-refractivity contribution in [3.8, 4) is 11.8 Å². The second-order valence-electron chi connectivity index (χ2n) is 9.18. The average Bonchev–Trinajstić information content (AvgIpc) is 3.50. The van der Waals surface area contributed by atoms with Gasteiger partial charge >= 0.3 is 0 Å². The minimum Gasteiger partial charge on any atom is -0.494 e. The van der Waals surface area contributed by atoms with Gasteiger partial charge in [0, 0.05) is 30.1 Å². The number of nitrogens with one attached hydrogen (secondary N) is 1. The summed E-state index contributed by atoms with van der Waals surface area (Å²) in [5, 5.41) is 9.69. The van der Waals surface area contributed by atoms with Crippen LogP contribution in [0.25, 0.3) is 0 Å². The maximum absolute atomic E-state index is 12.5. The van der Waals surface area contributed by atoms with Crippen molar-refractivity contribution in [3.63, 3.8) is 0 Å². The minimum absolute atomic E-state index is 0.0402. The second-order valence-corrected chi connectivity index (χ2v) is 12.1. The molecule has 0 bridgehead atoms. The van der Waals surface area contributed by atoms with Crippen LogP contribution in [0.3, 0.4) is 0 Å². The number of hydrogen-bond acceptors (Lipinski definition) is 9. The van der Waals surface area contributed by atoms with Gasteiger partial charge in [-0.05, 0) is 61.7 Å². The maximum Gasteiger partial charge on any atom is 0.284 e. The standard InChI is InChI=1S/C27H29N5O5S2/c1-19-25(26(34)30-39(2,35)36)29-27(38-19)32(22-10-6-20(17-28)7-11-22)18-21-8-12-23(13-9-21)37-16-4-15-31-14-3-5-24(31)33/h6-13H,3-5,14-16,18H2,1-2H3,(H,30,34). The van der Waals surface area contributed by atoms with Crippen molar-refractivity contribution in [2.75, 3.05) is 30.9 Å². The van der Waals surface area contributed by atoms with Crippen LogP contribution in [0.4, 0.5) is 10.8 Å². The molecule has 0 aliphatic carbocycles. The fourth-order valence-electron chi connectivity index (χ4n) is 4.17. The Labute approximate surface area is 231 Å². The van der Waals surface area contributed by atoms with E-state index in [4.69, 9.17) is 4.74 Å². The first-order valence-electron chi connectivity index (χ1n) is 12.4. The molecular weight excluding hydrogens is 538 g/mol. The number of amides is 2. The highest BCUT2D eigenvalue weighted by molar-refractivity contribution is 7.89. The Morgan fingerprint density at radius 3 is 2.54 bits per heavy atom. The Hall–Kier alpha value is -3.95. The number of likely N-dealkylation sites (tertiary alicyclic amines) is 1. The van der Waals surface area contributed by atoms with Crippen LogP contribution in [0, 0.1) is 18.3 Å². The number of ether oxygens (including phenoxy) is 1. The monoisotopic (exact) mass is 567 g/mol. The van der Waals surface area contributed by atoms with E-state index in [1.807, 2.05) is 38.8 Å². The van der Waals surface area contributed by atoms with Crippen LogP contribution in [-0.2, 0) is 21.4 Å². The Bertz CT molecular complexity index is 1480. The van der Waals surface area contributed by atoms with Gasteiger partial charge in [-0.25, -0.2) is 18.1 Å². The predicted octanol–water partition coefficient (Wildman–Crippen LogP) is 3.74. The number of sulfonamides is 1. The summed E-state index contributed by atoms with van der Waals surface area (Å²) in [4.78, 5) is 33.0. The number of benzene rings is 2. The SMILES string of the molecule is Cc1sc(N(Cc2ccc(OCCCN3CCCC3=O)cc2)c2ccc(C#N)cc2)nc1C(=O)NS(C)(=O)=O. The molecule has 1 aliphatic rings. The number of aryl methyl sites for hydroxylation is 1. The zero-order valence-corrected chi connectivity index (χ0v) is 23.3. The molecule has 0 spiro atoms. The van der Waals surface area contributed by atoms with E-state index in [2.05, 4.69) is 11.1 Å². The van der Waals surface area contributed by atoms with Crippen molar-refractivity contribution in [2.24, 2.45) is 0 Å². The zero-order chi connectivity index (χ0) is 28.0. The molecule has 1 aliphatic heterocycles. The van der Waals surface area contributed by atoms with Gasteiger partial charge in [0.25, 0.3) is 5.91 Å². The minimum atomic E-state index is -3.74. The van der Waals surface area contributed by atoms with Crippen molar-refractivity contribution < 1.29 is 22.7 Å². The van der Waals surface area contributed by atoms with E-state index in [9.17, 15) is 23.3 Å². The number of rotatable bonds is 11. The highest BCUT2D eigenvalue weighted by Gasteiger charge is 2.23. The first-order chi connectivity index (χ1) is 18.6. The van der Waals surface area contributed by atoms with Gasteiger partial charge in [-0.2, -0.15) is 5.26 Å². The van der Waals surface area contributed by atoms with Crippen molar-refractivity contribution >= 4 is 44.0 Å². The van der Waals surface area contributed by atoms with Crippen molar-refractivity contribution in [3.05, 3.63) is 70.2 Å². The Kier molecular flexibility index (Phi) is 8.83. The van der Waals surface area contributed by atoms with E-state index in [1.54, 1.807) is 31.2 Å². The molecule has 1 saturated heterocycles. The summed E-state index contributed by atoms with van der Waals surface area (Å²) in [5.41, 5.74) is 2.26. The molecular formula is C27H29N5O5S2. The highest BCUT2D eigenvalue weighted by atomic mass is 32.2. The summed E-state index contributed by atoms with van der Waals surface area (Å²) in [7, 11) is -3.74. The predicted molar refractivity (Wildman–Crippen MR) is 149 cm³/mol. The Morgan fingerprint density at radius 1 is 1.21 bits per heavy atom. The lowest BCUT2D eigenvalue weighted by atomic mass is 10.1. The Balaban J connectivity index is 1.48. The molecule has 0 atom stereocenters. The second kappa shape index (κ2) is 12.3. The van der Waals surface area contributed by atoms with Crippen LogP contribution in [0.2, 0.25) is 0 Å². The smallest absolute Gasteiger partial charge is 0.284 e. The summed E-state index contributed by atoms with van der Waals surface area (Å²) in [5.74, 6) is 0.152. The fourth-order valence-corrected chi connectivity index (χ4v) is 5.53. The van der Waals surface area contributed by atoms with Gasteiger partial charge in [-0.3, -0.25) is 9.59 Å². The summed E-state index contributed by atoms with van der Waals surface area (Å²) in [6, 6.07) is 16.7. The number of carbonyl (C=O) groups is 2. The number of aromatic nitrogens is 1. The van der Waals surface area contributed by atoms with E-state index >= 15 is 0 Å². The van der Waals surface area contributed by atoms with Crippen molar-refractivity contribution in [1.29, 1.82) is 5.26 Å². The maximum atomic E-state index is 12.5. The molecule has 2 aromatic carbocycles. The molecule has 204 valence electrons. The molecule has 2 amide bonds. The molecule has 1 N–H and O–H groups in total. The fraction of sp³-hybridized carbons (Fsp3) is 0.333. The molecule has 39 heavy (non-hydrogen) atoms. The number of carbonyl (C=O) groups excluding carboxylic acids is 2. The normalized spacial score (nSPS) is 13.3. The van der Waals surface area contributed by atoms with Gasteiger partial charge in [0.2, 0.25) is 15.9 Å². The van der Waals surface area contributed by atoms with E-state index in [0.717, 1.165) is 42.6 Å². The topological polar surface area (TPSA) is 133 Å². The molecule has 12 heteroatoms. The van der Waals surface area contributed by atoms with Crippen LogP contribution >= 0.6 is 11.3 Å². The van der Waals surface area contributed by atoms with Crippen LogP contribution in [0.1, 0.15) is 45.8 Å². The molecule has 1 aromatic heterocycles. The van der Waals surface area contributed by atoms with Crippen molar-refractivity contribution in [2.45, 2.75) is 32.7 Å². The third-order valence-electron chi connectivity index (χ3n) is 6.09. The van der Waals surface area contributed by atoms with Crippen LogP contribution in [0.15, 0.2) is 48.5 Å². The first-order valence-corrected chi connectivity index (χ1v) is 15.1. The number of nitriles is 1. The Morgan fingerprint density at radius 2 is 1.92 bits per heavy atom. The molecule has 0 saturated carbocycles. The molecule has 0 unspecified atom stereocenters.